The highest BCUT2D eigenvalue weighted by atomic mass is 16.6. The molecule has 0 aromatic rings. The van der Waals surface area contributed by atoms with Gasteiger partial charge in [0, 0.05) is 12.3 Å². The van der Waals surface area contributed by atoms with Crippen LogP contribution in [-0.4, -0.2) is 35.4 Å². The molecule has 2 aliphatic carbocycles. The Balaban J connectivity index is 1.73. The second-order valence-corrected chi connectivity index (χ2v) is 9.68. The van der Waals surface area contributed by atoms with Gasteiger partial charge in [-0.3, -0.25) is 9.59 Å². The van der Waals surface area contributed by atoms with E-state index in [9.17, 15) is 14.7 Å². The summed E-state index contributed by atoms with van der Waals surface area (Å²) in [5.74, 6) is 0.485. The van der Waals surface area contributed by atoms with Crippen molar-refractivity contribution in [1.82, 2.24) is 0 Å². The van der Waals surface area contributed by atoms with E-state index in [1.165, 1.54) is 5.57 Å². The van der Waals surface area contributed by atoms with E-state index in [0.717, 1.165) is 38.5 Å². The van der Waals surface area contributed by atoms with Crippen molar-refractivity contribution in [2.45, 2.75) is 97.4 Å². The van der Waals surface area contributed by atoms with Crippen molar-refractivity contribution in [3.05, 3.63) is 23.8 Å². The zero-order chi connectivity index (χ0) is 21.9. The molecule has 0 unspecified atom stereocenters. The SMILES string of the molecule is CCC(C)(CC)C(=O)O[C@H]1CCC=C2C=C[C@H](C)[C@H](CC[C@@H]3C[C@@H](O)CC(=O)O3)[C@H]21. The van der Waals surface area contributed by atoms with Gasteiger partial charge in [0.1, 0.15) is 12.2 Å². The molecule has 0 spiro atoms. The molecule has 30 heavy (non-hydrogen) atoms. The zero-order valence-corrected chi connectivity index (χ0v) is 18.9. The Bertz CT molecular complexity index is 690. The summed E-state index contributed by atoms with van der Waals surface area (Å²) in [6.45, 7) is 8.31. The summed E-state index contributed by atoms with van der Waals surface area (Å²) >= 11 is 0. The molecule has 0 bridgehead atoms. The van der Waals surface area contributed by atoms with Gasteiger partial charge in [0.25, 0.3) is 0 Å². The third kappa shape index (κ3) is 4.99. The zero-order valence-electron chi connectivity index (χ0n) is 18.9. The molecular formula is C25H38O5. The van der Waals surface area contributed by atoms with Gasteiger partial charge in [0.05, 0.1) is 17.9 Å². The monoisotopic (exact) mass is 418 g/mol. The van der Waals surface area contributed by atoms with Crippen LogP contribution in [0.3, 0.4) is 0 Å². The van der Waals surface area contributed by atoms with Crippen LogP contribution in [0.15, 0.2) is 23.8 Å². The van der Waals surface area contributed by atoms with Crippen LogP contribution in [0.4, 0.5) is 0 Å². The lowest BCUT2D eigenvalue weighted by molar-refractivity contribution is -0.166. The molecule has 3 rings (SSSR count). The lowest BCUT2D eigenvalue weighted by atomic mass is 9.66. The summed E-state index contributed by atoms with van der Waals surface area (Å²) in [6, 6.07) is 0. The number of aliphatic hydroxyl groups excluding tert-OH is 1. The first kappa shape index (κ1) is 23.1. The van der Waals surface area contributed by atoms with Crippen LogP contribution < -0.4 is 0 Å². The highest BCUT2D eigenvalue weighted by molar-refractivity contribution is 5.76. The molecule has 0 radical (unpaired) electrons. The highest BCUT2D eigenvalue weighted by Crippen LogP contribution is 2.44. The number of carbonyl (C=O) groups is 2. The van der Waals surface area contributed by atoms with Crippen molar-refractivity contribution in [1.29, 1.82) is 0 Å². The predicted molar refractivity (Wildman–Crippen MR) is 116 cm³/mol. The topological polar surface area (TPSA) is 72.8 Å². The molecule has 1 saturated heterocycles. The summed E-state index contributed by atoms with van der Waals surface area (Å²) in [5.41, 5.74) is 0.844. The number of fused-ring (bicyclic) bond motifs is 1. The van der Waals surface area contributed by atoms with Crippen molar-refractivity contribution < 1.29 is 24.2 Å². The average Bonchev–Trinajstić information content (AvgIpc) is 2.72. The minimum absolute atomic E-state index is 0.0796. The van der Waals surface area contributed by atoms with Crippen LogP contribution in [-0.2, 0) is 19.1 Å². The fourth-order valence-corrected chi connectivity index (χ4v) is 5.19. The smallest absolute Gasteiger partial charge is 0.312 e. The van der Waals surface area contributed by atoms with Crippen LogP contribution in [0.1, 0.15) is 79.1 Å². The molecule has 5 heteroatoms. The van der Waals surface area contributed by atoms with Gasteiger partial charge in [-0.25, -0.2) is 0 Å². The van der Waals surface area contributed by atoms with Gasteiger partial charge in [-0.2, -0.15) is 0 Å². The molecule has 6 atom stereocenters. The van der Waals surface area contributed by atoms with Gasteiger partial charge < -0.3 is 14.6 Å². The largest absolute Gasteiger partial charge is 0.462 e. The molecule has 0 amide bonds. The fraction of sp³-hybridized carbons (Fsp3) is 0.760. The predicted octanol–water partition coefficient (Wildman–Crippen LogP) is 4.73. The first-order valence-electron chi connectivity index (χ1n) is 11.7. The first-order chi connectivity index (χ1) is 14.3. The summed E-state index contributed by atoms with van der Waals surface area (Å²) in [4.78, 5) is 24.7. The Labute approximate surface area is 180 Å². The van der Waals surface area contributed by atoms with E-state index in [1.807, 2.05) is 20.8 Å². The van der Waals surface area contributed by atoms with E-state index < -0.39 is 11.5 Å². The Kier molecular flexibility index (Phi) is 7.43. The molecule has 1 fully saturated rings. The number of aliphatic hydroxyl groups is 1. The standard InChI is InChI=1S/C25H38O5/c1-5-25(4,6-2)24(28)30-21-9-7-8-17-11-10-16(3)20(23(17)21)13-12-19-14-18(26)15-22(27)29-19/h8,10-11,16,18-21,23,26H,5-7,9,12-15H2,1-4H3/t16-,18+,19+,20-,21-,23-/m0/s1. The van der Waals surface area contributed by atoms with E-state index in [1.54, 1.807) is 0 Å². The lowest BCUT2D eigenvalue weighted by Gasteiger charge is -2.43. The van der Waals surface area contributed by atoms with Crippen LogP contribution >= 0.6 is 0 Å². The van der Waals surface area contributed by atoms with Crippen LogP contribution in [0.25, 0.3) is 0 Å². The maximum absolute atomic E-state index is 13.0. The molecule has 0 saturated carbocycles. The number of esters is 2. The van der Waals surface area contributed by atoms with Gasteiger partial charge in [0.2, 0.25) is 0 Å². The summed E-state index contributed by atoms with van der Waals surface area (Å²) in [5, 5.41) is 9.91. The summed E-state index contributed by atoms with van der Waals surface area (Å²) < 4.78 is 11.6. The first-order valence-corrected chi connectivity index (χ1v) is 11.7. The average molecular weight is 419 g/mol. The number of ether oxygens (including phenoxy) is 2. The summed E-state index contributed by atoms with van der Waals surface area (Å²) in [6.07, 6.45) is 11.4. The van der Waals surface area contributed by atoms with E-state index in [2.05, 4.69) is 25.2 Å². The van der Waals surface area contributed by atoms with Crippen LogP contribution in [0, 0.1) is 23.2 Å². The number of hydrogen-bond donors (Lipinski definition) is 1. The van der Waals surface area contributed by atoms with Crippen molar-refractivity contribution in [3.63, 3.8) is 0 Å². The van der Waals surface area contributed by atoms with E-state index >= 15 is 0 Å². The van der Waals surface area contributed by atoms with Crippen molar-refractivity contribution in [2.24, 2.45) is 23.2 Å². The van der Waals surface area contributed by atoms with Crippen LogP contribution in [0.5, 0.6) is 0 Å². The van der Waals surface area contributed by atoms with E-state index in [4.69, 9.17) is 9.47 Å². The van der Waals surface area contributed by atoms with Crippen molar-refractivity contribution in [2.75, 3.05) is 0 Å². The van der Waals surface area contributed by atoms with Crippen LogP contribution in [0.2, 0.25) is 0 Å². The van der Waals surface area contributed by atoms with E-state index in [0.29, 0.717) is 18.3 Å². The number of carbonyl (C=O) groups excluding carboxylic acids is 2. The molecule has 1 N–H and O–H groups in total. The maximum atomic E-state index is 13.0. The minimum Gasteiger partial charge on any atom is -0.462 e. The number of hydrogen-bond acceptors (Lipinski definition) is 5. The Morgan fingerprint density at radius 1 is 1.30 bits per heavy atom. The Morgan fingerprint density at radius 2 is 2.03 bits per heavy atom. The molecule has 3 aliphatic rings. The normalized spacial score (nSPS) is 34.0. The highest BCUT2D eigenvalue weighted by Gasteiger charge is 2.42. The number of cyclic esters (lactones) is 1. The third-order valence-electron chi connectivity index (χ3n) is 7.71. The second kappa shape index (κ2) is 9.67. The van der Waals surface area contributed by atoms with Gasteiger partial charge >= 0.3 is 11.9 Å². The molecule has 1 heterocycles. The molecule has 168 valence electrons. The van der Waals surface area contributed by atoms with Gasteiger partial charge in [-0.15, -0.1) is 0 Å². The molecule has 0 aromatic carbocycles. The van der Waals surface area contributed by atoms with Gasteiger partial charge in [-0.1, -0.05) is 39.0 Å². The number of allylic oxidation sites excluding steroid dienone is 3. The van der Waals surface area contributed by atoms with Gasteiger partial charge in [0.15, 0.2) is 0 Å². The lowest BCUT2D eigenvalue weighted by Crippen LogP contribution is -2.42. The van der Waals surface area contributed by atoms with Crippen molar-refractivity contribution >= 4 is 11.9 Å². The Hall–Kier alpha value is -1.62. The fourth-order valence-electron chi connectivity index (χ4n) is 5.19. The second-order valence-electron chi connectivity index (χ2n) is 9.68. The van der Waals surface area contributed by atoms with Crippen molar-refractivity contribution in [3.8, 4) is 0 Å². The quantitative estimate of drug-likeness (QED) is 0.605. The third-order valence-corrected chi connectivity index (χ3v) is 7.71. The molecule has 5 nitrogen and oxygen atoms in total. The molecule has 0 aromatic heterocycles. The molecule has 1 aliphatic heterocycles. The Morgan fingerprint density at radius 3 is 2.70 bits per heavy atom. The van der Waals surface area contributed by atoms with E-state index in [-0.39, 0.29) is 36.5 Å². The molecular weight excluding hydrogens is 380 g/mol. The number of rotatable bonds is 7. The van der Waals surface area contributed by atoms with Gasteiger partial charge in [-0.05, 0) is 62.9 Å². The summed E-state index contributed by atoms with van der Waals surface area (Å²) in [7, 11) is 0. The maximum Gasteiger partial charge on any atom is 0.312 e. The minimum atomic E-state index is -0.598.